The van der Waals surface area contributed by atoms with Gasteiger partial charge in [0.25, 0.3) is 0 Å². The lowest BCUT2D eigenvalue weighted by molar-refractivity contribution is 0.0988. The van der Waals surface area contributed by atoms with Crippen molar-refractivity contribution in [3.05, 3.63) is 46.2 Å². The fourth-order valence-electron chi connectivity index (χ4n) is 1.44. The Morgan fingerprint density at radius 1 is 1.53 bits per heavy atom. The molecule has 1 aromatic carbocycles. The van der Waals surface area contributed by atoms with E-state index in [9.17, 15) is 9.18 Å². The van der Waals surface area contributed by atoms with Gasteiger partial charge in [0, 0.05) is 12.6 Å². The number of hydrogen-bond acceptors (Lipinski definition) is 3. The number of aromatic nitrogens is 3. The van der Waals surface area contributed by atoms with Gasteiger partial charge >= 0.3 is 0 Å². The molecular weight excluding hydrogens is 289 g/mol. The van der Waals surface area contributed by atoms with Gasteiger partial charge in [-0.1, -0.05) is 12.1 Å². The first-order chi connectivity index (χ1) is 8.09. The first-order valence-corrected chi connectivity index (χ1v) is 5.69. The van der Waals surface area contributed by atoms with E-state index in [1.807, 2.05) is 0 Å². The molecule has 1 heterocycles. The number of Topliss-reactive ketones (excluding diaryl/α,β-unsaturated/α-hetero) is 1. The van der Waals surface area contributed by atoms with Crippen LogP contribution in [0.25, 0.3) is 0 Å². The minimum Gasteiger partial charge on any atom is -0.294 e. The molecule has 0 saturated carbocycles. The Bertz CT molecular complexity index is 568. The lowest BCUT2D eigenvalue weighted by Gasteiger charge is -2.04. The number of carbonyl (C=O) groups excluding carboxylic acids is 1. The van der Waals surface area contributed by atoms with E-state index in [4.69, 9.17) is 0 Å². The summed E-state index contributed by atoms with van der Waals surface area (Å²) in [5.74, 6) is -0.104. The second-order valence-corrected chi connectivity index (χ2v) is 4.29. The summed E-state index contributed by atoms with van der Waals surface area (Å²) in [5.41, 5.74) is 0.313. The van der Waals surface area contributed by atoms with Crippen LogP contribution in [0, 0.1) is 5.82 Å². The van der Waals surface area contributed by atoms with Crippen LogP contribution in [0.5, 0.6) is 0 Å². The van der Waals surface area contributed by atoms with Crippen LogP contribution in [-0.4, -0.2) is 20.5 Å². The van der Waals surface area contributed by atoms with E-state index in [0.717, 1.165) is 0 Å². The first kappa shape index (κ1) is 11.9. The molecule has 0 bridgehead atoms. The van der Waals surface area contributed by atoms with Crippen molar-refractivity contribution >= 4 is 21.7 Å². The van der Waals surface area contributed by atoms with Gasteiger partial charge in [-0.2, -0.15) is 5.10 Å². The highest BCUT2D eigenvalue weighted by atomic mass is 79.9. The van der Waals surface area contributed by atoms with Crippen LogP contribution in [-0.2, 0) is 13.5 Å². The summed E-state index contributed by atoms with van der Waals surface area (Å²) < 4.78 is 15.0. The van der Waals surface area contributed by atoms with Crippen molar-refractivity contribution in [2.75, 3.05) is 0 Å². The largest absolute Gasteiger partial charge is 0.294 e. The number of carbonyl (C=O) groups is 1. The van der Waals surface area contributed by atoms with E-state index in [0.29, 0.717) is 11.4 Å². The fourth-order valence-corrected chi connectivity index (χ4v) is 1.92. The average molecular weight is 298 g/mol. The van der Waals surface area contributed by atoms with Gasteiger partial charge in [-0.25, -0.2) is 9.37 Å². The molecule has 0 aliphatic carbocycles. The number of halogens is 2. The van der Waals surface area contributed by atoms with Crippen LogP contribution in [0.4, 0.5) is 4.39 Å². The molecule has 0 aliphatic rings. The van der Waals surface area contributed by atoms with Crippen molar-refractivity contribution in [1.82, 2.24) is 14.8 Å². The van der Waals surface area contributed by atoms with Crippen LogP contribution >= 0.6 is 15.9 Å². The van der Waals surface area contributed by atoms with Crippen LogP contribution in [0.15, 0.2) is 29.0 Å². The van der Waals surface area contributed by atoms with Crippen molar-refractivity contribution in [2.45, 2.75) is 6.42 Å². The zero-order chi connectivity index (χ0) is 12.4. The summed E-state index contributed by atoms with van der Waals surface area (Å²) in [6.07, 6.45) is 1.47. The molecule has 0 radical (unpaired) electrons. The quantitative estimate of drug-likeness (QED) is 0.816. The first-order valence-electron chi connectivity index (χ1n) is 4.89. The molecule has 2 rings (SSSR count). The van der Waals surface area contributed by atoms with Crippen LogP contribution in [0.3, 0.4) is 0 Å². The van der Waals surface area contributed by atoms with Gasteiger partial charge in [-0.15, -0.1) is 0 Å². The van der Waals surface area contributed by atoms with E-state index in [2.05, 4.69) is 26.0 Å². The van der Waals surface area contributed by atoms with Crippen molar-refractivity contribution < 1.29 is 9.18 Å². The van der Waals surface area contributed by atoms with Crippen molar-refractivity contribution in [3.8, 4) is 0 Å². The Morgan fingerprint density at radius 3 is 2.94 bits per heavy atom. The molecule has 0 atom stereocenters. The number of aryl methyl sites for hydroxylation is 1. The van der Waals surface area contributed by atoms with Crippen LogP contribution in [0.1, 0.15) is 16.2 Å². The molecule has 4 nitrogen and oxygen atoms in total. The van der Waals surface area contributed by atoms with Gasteiger partial charge in [0.05, 0.1) is 10.9 Å². The summed E-state index contributed by atoms with van der Waals surface area (Å²) in [4.78, 5) is 15.9. The maximum absolute atomic E-state index is 13.3. The molecule has 0 aliphatic heterocycles. The Balaban J connectivity index is 2.27. The monoisotopic (exact) mass is 297 g/mol. The van der Waals surface area contributed by atoms with Crippen molar-refractivity contribution in [2.24, 2.45) is 7.05 Å². The minimum atomic E-state index is -0.450. The van der Waals surface area contributed by atoms with Crippen molar-refractivity contribution in [1.29, 1.82) is 0 Å². The molecule has 0 fully saturated rings. The topological polar surface area (TPSA) is 47.8 Å². The third-order valence-corrected chi connectivity index (χ3v) is 3.18. The number of ketones is 1. The van der Waals surface area contributed by atoms with E-state index in [1.54, 1.807) is 13.1 Å². The summed E-state index contributed by atoms with van der Waals surface area (Å²) in [6.45, 7) is 0. The van der Waals surface area contributed by atoms with Crippen LogP contribution < -0.4 is 0 Å². The lowest BCUT2D eigenvalue weighted by Crippen LogP contribution is -2.10. The Kier molecular flexibility index (Phi) is 3.33. The normalized spacial score (nSPS) is 10.5. The van der Waals surface area contributed by atoms with E-state index < -0.39 is 5.82 Å². The summed E-state index contributed by atoms with van der Waals surface area (Å²) >= 11 is 3.06. The molecule has 0 N–H and O–H groups in total. The Hall–Kier alpha value is -1.56. The predicted molar refractivity (Wildman–Crippen MR) is 63.1 cm³/mol. The van der Waals surface area contributed by atoms with Gasteiger partial charge in [0.2, 0.25) is 0 Å². The summed E-state index contributed by atoms with van der Waals surface area (Å²) in [7, 11) is 1.70. The summed E-state index contributed by atoms with van der Waals surface area (Å²) in [6, 6.07) is 4.37. The van der Waals surface area contributed by atoms with Crippen LogP contribution in [0.2, 0.25) is 0 Å². The molecule has 17 heavy (non-hydrogen) atoms. The number of nitrogens with zero attached hydrogens (tertiary/aromatic N) is 3. The standard InChI is InChI=1S/C11H9BrFN3O/c1-16-10(14-6-15-16)5-9(17)7-3-2-4-8(13)11(7)12/h2-4,6H,5H2,1H3. The molecule has 88 valence electrons. The number of benzene rings is 1. The Labute approximate surface area is 106 Å². The Morgan fingerprint density at radius 2 is 2.29 bits per heavy atom. The minimum absolute atomic E-state index is 0.0958. The molecule has 6 heteroatoms. The number of rotatable bonds is 3. The SMILES string of the molecule is Cn1ncnc1CC(=O)c1cccc(F)c1Br. The molecule has 2 aromatic rings. The van der Waals surface area contributed by atoms with E-state index >= 15 is 0 Å². The lowest BCUT2D eigenvalue weighted by atomic mass is 10.1. The zero-order valence-electron chi connectivity index (χ0n) is 9.02. The third-order valence-electron chi connectivity index (χ3n) is 2.38. The third kappa shape index (κ3) is 2.41. The molecule has 1 aromatic heterocycles. The number of hydrogen-bond donors (Lipinski definition) is 0. The zero-order valence-corrected chi connectivity index (χ0v) is 10.6. The van der Waals surface area contributed by atoms with E-state index in [-0.39, 0.29) is 16.7 Å². The smallest absolute Gasteiger partial charge is 0.171 e. The second-order valence-electron chi connectivity index (χ2n) is 3.50. The second kappa shape index (κ2) is 4.75. The average Bonchev–Trinajstić information content (AvgIpc) is 2.68. The maximum atomic E-state index is 13.3. The van der Waals surface area contributed by atoms with Crippen molar-refractivity contribution in [3.63, 3.8) is 0 Å². The highest BCUT2D eigenvalue weighted by Crippen LogP contribution is 2.21. The fraction of sp³-hybridized carbons (Fsp3) is 0.182. The maximum Gasteiger partial charge on any atom is 0.171 e. The van der Waals surface area contributed by atoms with Gasteiger partial charge in [-0.05, 0) is 22.0 Å². The summed E-state index contributed by atoms with van der Waals surface area (Å²) in [5, 5.41) is 3.87. The molecule has 0 saturated heterocycles. The predicted octanol–water partition coefficient (Wildman–Crippen LogP) is 2.14. The van der Waals surface area contributed by atoms with Gasteiger partial charge in [-0.3, -0.25) is 9.48 Å². The highest BCUT2D eigenvalue weighted by Gasteiger charge is 2.15. The molecule has 0 unspecified atom stereocenters. The van der Waals surface area contributed by atoms with Gasteiger partial charge in [0.1, 0.15) is 18.0 Å². The highest BCUT2D eigenvalue weighted by molar-refractivity contribution is 9.10. The van der Waals surface area contributed by atoms with E-state index in [1.165, 1.54) is 23.1 Å². The van der Waals surface area contributed by atoms with Gasteiger partial charge < -0.3 is 0 Å². The molecular formula is C11H9BrFN3O. The molecule has 0 spiro atoms. The van der Waals surface area contributed by atoms with Gasteiger partial charge in [0.15, 0.2) is 5.78 Å². The molecule has 0 amide bonds.